The molecule has 1 aromatic carbocycles. The minimum absolute atomic E-state index is 0.162. The van der Waals surface area contributed by atoms with E-state index in [-0.39, 0.29) is 35.5 Å². The van der Waals surface area contributed by atoms with Crippen LogP contribution in [-0.2, 0) is 9.59 Å². The van der Waals surface area contributed by atoms with Gasteiger partial charge in [0.05, 0.1) is 25.2 Å². The van der Waals surface area contributed by atoms with Gasteiger partial charge in [-0.1, -0.05) is 24.3 Å². The van der Waals surface area contributed by atoms with Crippen molar-refractivity contribution in [1.82, 2.24) is 5.01 Å². The minimum Gasteiger partial charge on any atom is -0.496 e. The van der Waals surface area contributed by atoms with Crippen LogP contribution in [0.2, 0.25) is 0 Å². The number of hydrogen-bond acceptors (Lipinski definition) is 4. The van der Waals surface area contributed by atoms with E-state index >= 15 is 0 Å². The van der Waals surface area contributed by atoms with Crippen molar-refractivity contribution < 1.29 is 14.3 Å². The number of fused-ring (bicyclic) bond motifs is 1. The van der Waals surface area contributed by atoms with Crippen molar-refractivity contribution in [3.8, 4) is 5.75 Å². The van der Waals surface area contributed by atoms with Crippen LogP contribution in [0, 0.1) is 23.7 Å². The van der Waals surface area contributed by atoms with E-state index in [0.29, 0.717) is 5.75 Å². The molecular weight excluding hydrogens is 292 g/mol. The molecular formula is C18H18N2O3. The molecule has 1 saturated heterocycles. The van der Waals surface area contributed by atoms with Crippen LogP contribution in [0.4, 0.5) is 0 Å². The average Bonchev–Trinajstić information content (AvgIpc) is 2.87. The normalized spacial score (nSPS) is 32.0. The molecule has 5 rings (SSSR count). The van der Waals surface area contributed by atoms with E-state index in [1.807, 2.05) is 24.3 Å². The van der Waals surface area contributed by atoms with Crippen molar-refractivity contribution in [3.05, 3.63) is 42.0 Å². The van der Waals surface area contributed by atoms with Gasteiger partial charge in [0.2, 0.25) is 0 Å². The maximum absolute atomic E-state index is 12.6. The Labute approximate surface area is 134 Å². The molecule has 0 unspecified atom stereocenters. The Morgan fingerprint density at radius 1 is 1.09 bits per heavy atom. The minimum atomic E-state index is -0.221. The van der Waals surface area contributed by atoms with Crippen molar-refractivity contribution in [1.29, 1.82) is 0 Å². The number of ether oxygens (including phenoxy) is 1. The Bertz CT molecular complexity index is 693. The number of carbonyl (C=O) groups is 2. The highest BCUT2D eigenvalue weighted by Gasteiger charge is 2.56. The summed E-state index contributed by atoms with van der Waals surface area (Å²) in [7, 11) is 1.58. The first-order valence-electron chi connectivity index (χ1n) is 7.94. The van der Waals surface area contributed by atoms with Gasteiger partial charge in [-0.15, -0.1) is 0 Å². The Kier molecular flexibility index (Phi) is 3.29. The number of allylic oxidation sites excluding steroid dienone is 2. The molecule has 5 heteroatoms. The summed E-state index contributed by atoms with van der Waals surface area (Å²) in [6, 6.07) is 7.38. The molecule has 1 saturated carbocycles. The summed E-state index contributed by atoms with van der Waals surface area (Å²) in [6.07, 6.45) is 7.72. The number of benzene rings is 1. The van der Waals surface area contributed by atoms with Crippen LogP contribution in [0.3, 0.4) is 0 Å². The van der Waals surface area contributed by atoms with E-state index in [1.54, 1.807) is 7.11 Å². The number of hydrazone groups is 1. The Morgan fingerprint density at radius 2 is 1.70 bits per heavy atom. The van der Waals surface area contributed by atoms with Crippen molar-refractivity contribution >= 4 is 18.0 Å². The van der Waals surface area contributed by atoms with Gasteiger partial charge >= 0.3 is 0 Å². The number of imide groups is 1. The first kappa shape index (κ1) is 14.2. The van der Waals surface area contributed by atoms with Crippen LogP contribution in [0.15, 0.2) is 41.5 Å². The zero-order valence-corrected chi connectivity index (χ0v) is 12.9. The van der Waals surface area contributed by atoms with Gasteiger partial charge in [-0.05, 0) is 36.8 Å². The highest BCUT2D eigenvalue weighted by molar-refractivity contribution is 6.06. The average molecular weight is 310 g/mol. The second-order valence-corrected chi connectivity index (χ2v) is 6.32. The first-order valence-corrected chi connectivity index (χ1v) is 7.94. The molecule has 3 aliphatic carbocycles. The number of carbonyl (C=O) groups excluding carboxylic acids is 2. The van der Waals surface area contributed by atoms with Gasteiger partial charge in [0.1, 0.15) is 5.75 Å². The Morgan fingerprint density at radius 3 is 2.26 bits per heavy atom. The summed E-state index contributed by atoms with van der Waals surface area (Å²) in [5.41, 5.74) is 0.742. The summed E-state index contributed by atoms with van der Waals surface area (Å²) < 4.78 is 5.26. The monoisotopic (exact) mass is 310 g/mol. The van der Waals surface area contributed by atoms with Gasteiger partial charge in [0.15, 0.2) is 0 Å². The van der Waals surface area contributed by atoms with Crippen LogP contribution < -0.4 is 4.74 Å². The van der Waals surface area contributed by atoms with E-state index in [4.69, 9.17) is 4.74 Å². The molecule has 4 aliphatic rings. The SMILES string of the molecule is COc1ccccc1/C=N\N1C(=O)[C@@H]2[C@@H](C1=O)[C@H]1C=C[C@H]2CC1. The zero-order valence-electron chi connectivity index (χ0n) is 12.9. The molecule has 1 heterocycles. The number of methoxy groups -OCH3 is 1. The highest BCUT2D eigenvalue weighted by atomic mass is 16.5. The fourth-order valence-electron chi connectivity index (χ4n) is 4.07. The van der Waals surface area contributed by atoms with Gasteiger partial charge in [-0.3, -0.25) is 9.59 Å². The van der Waals surface area contributed by atoms with E-state index in [2.05, 4.69) is 17.3 Å². The molecule has 118 valence electrons. The predicted octanol–water partition coefficient (Wildman–Crippen LogP) is 2.23. The second kappa shape index (κ2) is 5.33. The second-order valence-electron chi connectivity index (χ2n) is 6.32. The topological polar surface area (TPSA) is 59.0 Å². The zero-order chi connectivity index (χ0) is 16.0. The molecule has 2 bridgehead atoms. The molecule has 2 amide bonds. The first-order chi connectivity index (χ1) is 11.2. The summed E-state index contributed by atoms with van der Waals surface area (Å²) in [5.74, 6) is 0.271. The fourth-order valence-corrected chi connectivity index (χ4v) is 4.07. The number of hydrogen-bond donors (Lipinski definition) is 0. The quantitative estimate of drug-likeness (QED) is 0.489. The number of nitrogens with zero attached hydrogens (tertiary/aromatic N) is 2. The Hall–Kier alpha value is -2.43. The van der Waals surface area contributed by atoms with Crippen molar-refractivity contribution in [2.45, 2.75) is 12.8 Å². The van der Waals surface area contributed by atoms with Gasteiger partial charge in [-0.2, -0.15) is 10.1 Å². The smallest absolute Gasteiger partial charge is 0.254 e. The lowest BCUT2D eigenvalue weighted by Crippen LogP contribution is -2.38. The van der Waals surface area contributed by atoms with Crippen LogP contribution >= 0.6 is 0 Å². The lowest BCUT2D eigenvalue weighted by molar-refractivity contribution is -0.140. The summed E-state index contributed by atoms with van der Waals surface area (Å²) >= 11 is 0. The van der Waals surface area contributed by atoms with Gasteiger partial charge in [0.25, 0.3) is 11.8 Å². The molecule has 1 aliphatic heterocycles. The largest absolute Gasteiger partial charge is 0.496 e. The summed E-state index contributed by atoms with van der Waals surface area (Å²) in [5, 5.41) is 5.26. The van der Waals surface area contributed by atoms with Gasteiger partial charge < -0.3 is 4.74 Å². The summed E-state index contributed by atoms with van der Waals surface area (Å²) in [6.45, 7) is 0. The Balaban J connectivity index is 1.62. The van der Waals surface area contributed by atoms with Crippen molar-refractivity contribution in [3.63, 3.8) is 0 Å². The highest BCUT2D eigenvalue weighted by Crippen LogP contribution is 2.49. The molecule has 4 atom stereocenters. The molecule has 1 aromatic rings. The number of para-hydroxylation sites is 1. The molecule has 23 heavy (non-hydrogen) atoms. The van der Waals surface area contributed by atoms with E-state index < -0.39 is 0 Å². The van der Waals surface area contributed by atoms with E-state index in [0.717, 1.165) is 23.4 Å². The van der Waals surface area contributed by atoms with Crippen molar-refractivity contribution in [2.75, 3.05) is 7.11 Å². The van der Waals surface area contributed by atoms with E-state index in [1.165, 1.54) is 6.21 Å². The maximum atomic E-state index is 12.6. The van der Waals surface area contributed by atoms with Crippen LogP contribution in [0.25, 0.3) is 0 Å². The third kappa shape index (κ3) is 2.11. The van der Waals surface area contributed by atoms with Gasteiger partial charge in [0, 0.05) is 5.56 Å². The molecule has 0 radical (unpaired) electrons. The molecule has 0 aromatic heterocycles. The lowest BCUT2D eigenvalue weighted by Gasteiger charge is -2.37. The standard InChI is InChI=1S/C18H18N2O3/c1-23-14-5-3-2-4-13(14)10-19-20-17(21)15-11-6-7-12(9-8-11)16(15)18(20)22/h2-7,10-12,15-16H,8-9H2,1H3/b19-10-/t11-,12-,15-,16-/m0/s1. The lowest BCUT2D eigenvalue weighted by atomic mass is 9.63. The van der Waals surface area contributed by atoms with Crippen LogP contribution in [-0.4, -0.2) is 30.1 Å². The molecule has 0 N–H and O–H groups in total. The molecule has 2 fully saturated rings. The van der Waals surface area contributed by atoms with E-state index in [9.17, 15) is 9.59 Å². The fraction of sp³-hybridized carbons (Fsp3) is 0.389. The predicted molar refractivity (Wildman–Crippen MR) is 84.8 cm³/mol. The summed E-state index contributed by atoms with van der Waals surface area (Å²) in [4.78, 5) is 25.3. The molecule has 5 nitrogen and oxygen atoms in total. The molecule has 0 spiro atoms. The maximum Gasteiger partial charge on any atom is 0.254 e. The number of amides is 2. The third-order valence-corrected chi connectivity index (χ3v) is 5.19. The van der Waals surface area contributed by atoms with Crippen LogP contribution in [0.5, 0.6) is 5.75 Å². The van der Waals surface area contributed by atoms with Crippen LogP contribution in [0.1, 0.15) is 18.4 Å². The van der Waals surface area contributed by atoms with Crippen molar-refractivity contribution in [2.24, 2.45) is 28.8 Å². The third-order valence-electron chi connectivity index (χ3n) is 5.19. The number of rotatable bonds is 3. The van der Waals surface area contributed by atoms with Gasteiger partial charge in [-0.25, -0.2) is 0 Å².